The van der Waals surface area contributed by atoms with E-state index >= 15 is 0 Å². The topological polar surface area (TPSA) is 39.2 Å². The van der Waals surface area contributed by atoms with Gasteiger partial charge < -0.3 is 4.74 Å². The van der Waals surface area contributed by atoms with Crippen molar-refractivity contribution in [3.63, 3.8) is 0 Å². The maximum absolute atomic E-state index is 12.1. The highest BCUT2D eigenvalue weighted by molar-refractivity contribution is 5.92. The molecule has 0 saturated heterocycles. The van der Waals surface area contributed by atoms with Crippen LogP contribution in [0.2, 0.25) is 0 Å². The second-order valence-corrected chi connectivity index (χ2v) is 5.78. The molecule has 0 aliphatic rings. The average Bonchev–Trinajstić information content (AvgIpc) is 2.72. The van der Waals surface area contributed by atoms with Crippen LogP contribution in [0.5, 0.6) is 0 Å². The van der Waals surface area contributed by atoms with Crippen molar-refractivity contribution in [3.05, 3.63) is 90.5 Å². The van der Waals surface area contributed by atoms with Gasteiger partial charge in [-0.25, -0.2) is 9.78 Å². The average molecular weight is 341 g/mol. The summed E-state index contributed by atoms with van der Waals surface area (Å²) in [6.45, 7) is 7.61. The van der Waals surface area contributed by atoms with Gasteiger partial charge in [0.1, 0.15) is 0 Å². The lowest BCUT2D eigenvalue weighted by Gasteiger charge is -2.10. The fourth-order valence-corrected chi connectivity index (χ4v) is 2.71. The Morgan fingerprint density at radius 3 is 1.81 bits per heavy atom. The fourth-order valence-electron chi connectivity index (χ4n) is 2.71. The van der Waals surface area contributed by atoms with E-state index in [0.717, 1.165) is 22.3 Å². The number of hydrogen-bond acceptors (Lipinski definition) is 3. The predicted molar refractivity (Wildman–Crippen MR) is 107 cm³/mol. The molecule has 3 aromatic rings. The van der Waals surface area contributed by atoms with Gasteiger partial charge in [-0.15, -0.1) is 0 Å². The standard InChI is InChI=1S/C23H19NO2/c1-4-16-8-6-10-18(12-16)21-14-20(23(25)26-3)15-22(24-21)19-11-7-9-17(5-2)13-19/h4-15H,1-2H2,3H3. The number of nitrogens with zero attached hydrogens (tertiary/aromatic N) is 1. The van der Waals surface area contributed by atoms with Crippen molar-refractivity contribution in [1.29, 1.82) is 0 Å². The Morgan fingerprint density at radius 2 is 1.38 bits per heavy atom. The summed E-state index contributed by atoms with van der Waals surface area (Å²) in [5.74, 6) is -0.394. The molecule has 0 unspecified atom stereocenters. The molecule has 0 aliphatic heterocycles. The van der Waals surface area contributed by atoms with Crippen LogP contribution in [0.1, 0.15) is 21.5 Å². The first-order valence-corrected chi connectivity index (χ1v) is 8.20. The number of esters is 1. The van der Waals surface area contributed by atoms with Crippen LogP contribution >= 0.6 is 0 Å². The summed E-state index contributed by atoms with van der Waals surface area (Å²) in [6.07, 6.45) is 3.56. The van der Waals surface area contributed by atoms with E-state index < -0.39 is 5.97 Å². The number of pyridine rings is 1. The minimum atomic E-state index is -0.394. The van der Waals surface area contributed by atoms with Crippen LogP contribution in [0.15, 0.2) is 73.8 Å². The summed E-state index contributed by atoms with van der Waals surface area (Å²) >= 11 is 0. The lowest BCUT2D eigenvalue weighted by Crippen LogP contribution is -2.03. The number of ether oxygens (including phenoxy) is 1. The van der Waals surface area contributed by atoms with Gasteiger partial charge in [0.2, 0.25) is 0 Å². The first-order chi connectivity index (χ1) is 12.6. The van der Waals surface area contributed by atoms with Gasteiger partial charge in [-0.05, 0) is 35.4 Å². The zero-order valence-corrected chi connectivity index (χ0v) is 14.6. The molecule has 0 fully saturated rings. The number of benzene rings is 2. The molecular formula is C23H19NO2. The van der Waals surface area contributed by atoms with Crippen LogP contribution in [-0.4, -0.2) is 18.1 Å². The third-order valence-corrected chi connectivity index (χ3v) is 4.08. The van der Waals surface area contributed by atoms with Gasteiger partial charge in [0, 0.05) is 11.1 Å². The summed E-state index contributed by atoms with van der Waals surface area (Å²) in [4.78, 5) is 16.9. The zero-order chi connectivity index (χ0) is 18.5. The number of carbonyl (C=O) groups is 1. The molecule has 0 aliphatic carbocycles. The Bertz CT molecular complexity index is 919. The van der Waals surface area contributed by atoms with Crippen molar-refractivity contribution >= 4 is 18.1 Å². The number of hydrogen-bond donors (Lipinski definition) is 0. The van der Waals surface area contributed by atoms with Crippen molar-refractivity contribution < 1.29 is 9.53 Å². The molecule has 0 bridgehead atoms. The van der Waals surface area contributed by atoms with Gasteiger partial charge in [-0.3, -0.25) is 0 Å². The Hall–Kier alpha value is -3.46. The second kappa shape index (κ2) is 7.62. The van der Waals surface area contributed by atoms with E-state index in [0.29, 0.717) is 17.0 Å². The number of rotatable bonds is 5. The van der Waals surface area contributed by atoms with Gasteiger partial charge in [0.25, 0.3) is 0 Å². The summed E-state index contributed by atoms with van der Waals surface area (Å²) in [6, 6.07) is 19.2. The van der Waals surface area contributed by atoms with Gasteiger partial charge in [-0.1, -0.05) is 61.7 Å². The van der Waals surface area contributed by atoms with Crippen LogP contribution in [0.4, 0.5) is 0 Å². The molecule has 0 radical (unpaired) electrons. The molecule has 0 saturated carbocycles. The minimum Gasteiger partial charge on any atom is -0.465 e. The summed E-state index contributed by atoms with van der Waals surface area (Å²) in [7, 11) is 1.37. The SMILES string of the molecule is C=Cc1cccc(-c2cc(C(=O)OC)cc(-c3cccc(C=C)c3)n2)c1. The largest absolute Gasteiger partial charge is 0.465 e. The third kappa shape index (κ3) is 3.62. The molecule has 0 spiro atoms. The van der Waals surface area contributed by atoms with Crippen LogP contribution in [0, 0.1) is 0 Å². The molecular weight excluding hydrogens is 322 g/mol. The number of carbonyl (C=O) groups excluding carboxylic acids is 1. The summed E-state index contributed by atoms with van der Waals surface area (Å²) < 4.78 is 4.91. The van der Waals surface area contributed by atoms with E-state index in [2.05, 4.69) is 13.2 Å². The molecule has 26 heavy (non-hydrogen) atoms. The Labute approximate surface area is 153 Å². The Morgan fingerprint density at radius 1 is 0.885 bits per heavy atom. The highest BCUT2D eigenvalue weighted by Crippen LogP contribution is 2.27. The normalized spacial score (nSPS) is 10.2. The van der Waals surface area contributed by atoms with E-state index in [1.807, 2.05) is 48.5 Å². The molecule has 1 aromatic heterocycles. The van der Waals surface area contributed by atoms with Gasteiger partial charge in [0.05, 0.1) is 24.1 Å². The van der Waals surface area contributed by atoms with Gasteiger partial charge in [0.15, 0.2) is 0 Å². The molecule has 3 heteroatoms. The van der Waals surface area contributed by atoms with E-state index in [1.54, 1.807) is 24.3 Å². The smallest absolute Gasteiger partial charge is 0.338 e. The van der Waals surface area contributed by atoms with E-state index in [9.17, 15) is 4.79 Å². The molecule has 0 amide bonds. The van der Waals surface area contributed by atoms with Crippen molar-refractivity contribution in [2.75, 3.05) is 7.11 Å². The van der Waals surface area contributed by atoms with Crippen LogP contribution in [0.25, 0.3) is 34.7 Å². The Balaban J connectivity index is 2.19. The van der Waals surface area contributed by atoms with Gasteiger partial charge in [-0.2, -0.15) is 0 Å². The molecule has 0 N–H and O–H groups in total. The summed E-state index contributed by atoms with van der Waals surface area (Å²) in [5.41, 5.74) is 5.67. The van der Waals surface area contributed by atoms with Crippen molar-refractivity contribution in [2.24, 2.45) is 0 Å². The van der Waals surface area contributed by atoms with E-state index in [4.69, 9.17) is 9.72 Å². The molecule has 1 heterocycles. The highest BCUT2D eigenvalue weighted by atomic mass is 16.5. The maximum atomic E-state index is 12.1. The van der Waals surface area contributed by atoms with Gasteiger partial charge >= 0.3 is 5.97 Å². The lowest BCUT2D eigenvalue weighted by atomic mass is 10.0. The molecule has 0 atom stereocenters. The van der Waals surface area contributed by atoms with Crippen LogP contribution in [0.3, 0.4) is 0 Å². The summed E-state index contributed by atoms with van der Waals surface area (Å²) in [5, 5.41) is 0. The lowest BCUT2D eigenvalue weighted by molar-refractivity contribution is 0.0600. The molecule has 3 nitrogen and oxygen atoms in total. The quantitative estimate of drug-likeness (QED) is 0.576. The van der Waals surface area contributed by atoms with E-state index in [1.165, 1.54) is 7.11 Å². The van der Waals surface area contributed by atoms with Crippen LogP contribution in [-0.2, 0) is 4.74 Å². The predicted octanol–water partition coefficient (Wildman–Crippen LogP) is 5.49. The number of aromatic nitrogens is 1. The van der Waals surface area contributed by atoms with Crippen LogP contribution < -0.4 is 0 Å². The van der Waals surface area contributed by atoms with Crippen molar-refractivity contribution in [2.45, 2.75) is 0 Å². The first-order valence-electron chi connectivity index (χ1n) is 8.20. The van der Waals surface area contributed by atoms with E-state index in [-0.39, 0.29) is 0 Å². The highest BCUT2D eigenvalue weighted by Gasteiger charge is 2.13. The Kier molecular flexibility index (Phi) is 5.09. The molecule has 128 valence electrons. The first kappa shape index (κ1) is 17.4. The van der Waals surface area contributed by atoms with Crippen molar-refractivity contribution in [1.82, 2.24) is 4.98 Å². The maximum Gasteiger partial charge on any atom is 0.338 e. The monoisotopic (exact) mass is 341 g/mol. The fraction of sp³-hybridized carbons (Fsp3) is 0.0435. The van der Waals surface area contributed by atoms with Crippen molar-refractivity contribution in [3.8, 4) is 22.5 Å². The zero-order valence-electron chi connectivity index (χ0n) is 14.6. The molecule has 2 aromatic carbocycles. The molecule has 3 rings (SSSR count). The minimum absolute atomic E-state index is 0.394. The second-order valence-electron chi connectivity index (χ2n) is 5.78. The number of methoxy groups -OCH3 is 1. The third-order valence-electron chi connectivity index (χ3n) is 4.08.